The summed E-state index contributed by atoms with van der Waals surface area (Å²) >= 11 is 11.2. The number of halogens is 1. The minimum atomic E-state index is -0.208. The SMILES string of the molecule is COc1cc(Cl)c(/C=C2/NC(=S)N(C)C2=O)cc1OC. The Morgan fingerprint density at radius 1 is 1.30 bits per heavy atom. The van der Waals surface area contributed by atoms with E-state index in [-0.39, 0.29) is 5.91 Å². The number of hydrogen-bond acceptors (Lipinski definition) is 4. The highest BCUT2D eigenvalue weighted by Gasteiger charge is 2.27. The summed E-state index contributed by atoms with van der Waals surface area (Å²) in [5.74, 6) is 0.851. The van der Waals surface area contributed by atoms with E-state index in [1.165, 1.54) is 19.1 Å². The third kappa shape index (κ3) is 2.57. The van der Waals surface area contributed by atoms with Gasteiger partial charge in [0, 0.05) is 13.1 Å². The van der Waals surface area contributed by atoms with Gasteiger partial charge in [-0.25, -0.2) is 0 Å². The topological polar surface area (TPSA) is 50.8 Å². The largest absolute Gasteiger partial charge is 0.493 e. The highest BCUT2D eigenvalue weighted by Crippen LogP contribution is 2.34. The number of rotatable bonds is 3. The van der Waals surface area contributed by atoms with Gasteiger partial charge in [-0.15, -0.1) is 0 Å². The molecule has 0 bridgehead atoms. The van der Waals surface area contributed by atoms with Crippen LogP contribution in [-0.4, -0.2) is 37.2 Å². The van der Waals surface area contributed by atoms with E-state index >= 15 is 0 Å². The summed E-state index contributed by atoms with van der Waals surface area (Å²) in [6.07, 6.45) is 1.63. The van der Waals surface area contributed by atoms with Crippen molar-refractivity contribution in [3.63, 3.8) is 0 Å². The number of methoxy groups -OCH3 is 2. The smallest absolute Gasteiger partial charge is 0.276 e. The third-order valence-corrected chi connectivity index (χ3v) is 3.59. The maximum Gasteiger partial charge on any atom is 0.276 e. The van der Waals surface area contributed by atoms with Gasteiger partial charge in [0.1, 0.15) is 5.70 Å². The fourth-order valence-electron chi connectivity index (χ4n) is 1.76. The number of nitrogens with one attached hydrogen (secondary N) is 1. The second-order valence-corrected chi connectivity index (χ2v) is 4.87. The van der Waals surface area contributed by atoms with Crippen LogP contribution in [0.3, 0.4) is 0 Å². The highest BCUT2D eigenvalue weighted by molar-refractivity contribution is 7.80. The molecule has 5 nitrogen and oxygen atoms in total. The van der Waals surface area contributed by atoms with Gasteiger partial charge >= 0.3 is 0 Å². The summed E-state index contributed by atoms with van der Waals surface area (Å²) in [6.45, 7) is 0. The van der Waals surface area contributed by atoms with Gasteiger partial charge in [-0.05, 0) is 29.9 Å². The first-order valence-electron chi connectivity index (χ1n) is 5.70. The summed E-state index contributed by atoms with van der Waals surface area (Å²) in [5, 5.41) is 3.64. The van der Waals surface area contributed by atoms with Crippen LogP contribution in [0.5, 0.6) is 11.5 Å². The molecule has 0 atom stereocenters. The molecule has 7 heteroatoms. The molecule has 1 heterocycles. The molecule has 0 spiro atoms. The van der Waals surface area contributed by atoms with Crippen LogP contribution in [0.2, 0.25) is 5.02 Å². The van der Waals surface area contributed by atoms with Gasteiger partial charge in [-0.2, -0.15) is 0 Å². The van der Waals surface area contributed by atoms with Gasteiger partial charge < -0.3 is 14.8 Å². The highest BCUT2D eigenvalue weighted by atomic mass is 35.5. The molecule has 1 saturated heterocycles. The average molecular weight is 313 g/mol. The monoisotopic (exact) mass is 312 g/mol. The number of ether oxygens (including phenoxy) is 2. The van der Waals surface area contributed by atoms with E-state index < -0.39 is 0 Å². The van der Waals surface area contributed by atoms with Gasteiger partial charge in [0.15, 0.2) is 16.6 Å². The summed E-state index contributed by atoms with van der Waals surface area (Å²) in [6, 6.07) is 3.33. The summed E-state index contributed by atoms with van der Waals surface area (Å²) < 4.78 is 10.4. The number of benzene rings is 1. The van der Waals surface area contributed by atoms with Crippen molar-refractivity contribution in [2.24, 2.45) is 0 Å². The molecule has 0 radical (unpaired) electrons. The molecule has 2 rings (SSSR count). The first kappa shape index (κ1) is 14.6. The van der Waals surface area contributed by atoms with Crippen molar-refractivity contribution in [3.05, 3.63) is 28.4 Å². The fraction of sp³-hybridized carbons (Fsp3) is 0.231. The molecule has 20 heavy (non-hydrogen) atoms. The van der Waals surface area contributed by atoms with Crippen LogP contribution in [0.4, 0.5) is 0 Å². The Kier molecular flexibility index (Phi) is 4.15. The summed E-state index contributed by atoms with van der Waals surface area (Å²) in [5.41, 5.74) is 1.00. The van der Waals surface area contributed by atoms with Crippen LogP contribution in [-0.2, 0) is 4.79 Å². The molecule has 0 saturated carbocycles. The van der Waals surface area contributed by atoms with E-state index in [1.54, 1.807) is 25.3 Å². The molecule has 1 N–H and O–H groups in total. The van der Waals surface area contributed by atoms with Crippen LogP contribution < -0.4 is 14.8 Å². The molecule has 1 fully saturated rings. The molecule has 0 aromatic heterocycles. The Balaban J connectivity index is 2.44. The van der Waals surface area contributed by atoms with Crippen molar-refractivity contribution in [2.75, 3.05) is 21.3 Å². The second-order valence-electron chi connectivity index (χ2n) is 4.08. The number of carbonyl (C=O) groups excluding carboxylic acids is 1. The van der Waals surface area contributed by atoms with E-state index in [9.17, 15) is 4.79 Å². The van der Waals surface area contributed by atoms with Crippen LogP contribution in [0.15, 0.2) is 17.8 Å². The van der Waals surface area contributed by atoms with E-state index in [4.69, 9.17) is 33.3 Å². The van der Waals surface area contributed by atoms with Gasteiger partial charge in [0.2, 0.25) is 0 Å². The Bertz CT molecular complexity index is 616. The number of amides is 1. The van der Waals surface area contributed by atoms with Gasteiger partial charge in [0.25, 0.3) is 5.91 Å². The number of likely N-dealkylation sites (N-methyl/N-ethyl adjacent to an activating group) is 1. The zero-order valence-electron chi connectivity index (χ0n) is 11.2. The zero-order chi connectivity index (χ0) is 14.9. The lowest BCUT2D eigenvalue weighted by Gasteiger charge is -2.10. The molecule has 106 valence electrons. The van der Waals surface area contributed by atoms with Gasteiger partial charge in [-0.1, -0.05) is 11.6 Å². The summed E-state index contributed by atoms with van der Waals surface area (Å²) in [4.78, 5) is 13.3. The quantitative estimate of drug-likeness (QED) is 0.684. The van der Waals surface area contributed by atoms with Crippen LogP contribution in [0.25, 0.3) is 6.08 Å². The molecule has 0 unspecified atom stereocenters. The Labute approximate surface area is 127 Å². The number of carbonyl (C=O) groups is 1. The lowest BCUT2D eigenvalue weighted by Crippen LogP contribution is -2.25. The van der Waals surface area contributed by atoms with Crippen molar-refractivity contribution in [1.29, 1.82) is 0 Å². The van der Waals surface area contributed by atoms with Gasteiger partial charge in [-0.3, -0.25) is 9.69 Å². The maximum absolute atomic E-state index is 11.9. The normalized spacial score (nSPS) is 16.6. The molecule has 1 aliphatic heterocycles. The number of nitrogens with zero attached hydrogens (tertiary/aromatic N) is 1. The van der Waals surface area contributed by atoms with E-state index in [0.29, 0.717) is 32.9 Å². The first-order valence-corrected chi connectivity index (χ1v) is 6.48. The zero-order valence-corrected chi connectivity index (χ0v) is 12.8. The minimum Gasteiger partial charge on any atom is -0.493 e. The Morgan fingerprint density at radius 2 is 1.90 bits per heavy atom. The van der Waals surface area contributed by atoms with Crippen LogP contribution in [0, 0.1) is 0 Å². The number of hydrogen-bond donors (Lipinski definition) is 1. The molecular formula is C13H13ClN2O3S. The molecule has 1 aliphatic rings. The Hall–Kier alpha value is -1.79. The van der Waals surface area contributed by atoms with Gasteiger partial charge in [0.05, 0.1) is 19.2 Å². The lowest BCUT2D eigenvalue weighted by atomic mass is 10.1. The first-order chi connectivity index (χ1) is 9.47. The molecule has 1 aromatic carbocycles. The van der Waals surface area contributed by atoms with Crippen LogP contribution in [0.1, 0.15) is 5.56 Å². The predicted molar refractivity (Wildman–Crippen MR) is 81.0 cm³/mol. The summed E-state index contributed by atoms with van der Waals surface area (Å²) in [7, 11) is 4.67. The van der Waals surface area contributed by atoms with E-state index in [0.717, 1.165) is 0 Å². The standard InChI is InChI=1S/C13H13ClN2O3S/c1-16-12(17)9(15-13(16)20)4-7-5-10(18-2)11(19-3)6-8(7)14/h4-6H,1-3H3,(H,15,20)/b9-4+. The predicted octanol–water partition coefficient (Wildman–Crippen LogP) is 2.04. The van der Waals surface area contributed by atoms with Crippen molar-refractivity contribution in [1.82, 2.24) is 10.2 Å². The van der Waals surface area contributed by atoms with Crippen LogP contribution >= 0.6 is 23.8 Å². The van der Waals surface area contributed by atoms with E-state index in [2.05, 4.69) is 5.32 Å². The third-order valence-electron chi connectivity index (χ3n) is 2.88. The lowest BCUT2D eigenvalue weighted by molar-refractivity contribution is -0.121. The molecule has 1 amide bonds. The average Bonchev–Trinajstić information content (AvgIpc) is 2.68. The van der Waals surface area contributed by atoms with Crippen molar-refractivity contribution in [2.45, 2.75) is 0 Å². The van der Waals surface area contributed by atoms with E-state index in [1.807, 2.05) is 0 Å². The second kappa shape index (κ2) is 5.68. The Morgan fingerprint density at radius 3 is 2.40 bits per heavy atom. The minimum absolute atomic E-state index is 0.208. The number of thiocarbonyl (C=S) groups is 1. The molecule has 0 aliphatic carbocycles. The molecular weight excluding hydrogens is 300 g/mol. The van der Waals surface area contributed by atoms with Crippen molar-refractivity contribution >= 4 is 40.9 Å². The van der Waals surface area contributed by atoms with Crippen molar-refractivity contribution in [3.8, 4) is 11.5 Å². The van der Waals surface area contributed by atoms with Crippen molar-refractivity contribution < 1.29 is 14.3 Å². The fourth-order valence-corrected chi connectivity index (χ4v) is 2.16. The maximum atomic E-state index is 11.9. The molecule has 1 aromatic rings.